The third-order valence-electron chi connectivity index (χ3n) is 5.86. The molecule has 5 aromatic rings. The lowest BCUT2D eigenvalue weighted by atomic mass is 10.2. The van der Waals surface area contributed by atoms with Crippen LogP contribution in [-0.4, -0.2) is 21.5 Å². The van der Waals surface area contributed by atoms with Crippen molar-refractivity contribution >= 4 is 11.4 Å². The fourth-order valence-electron chi connectivity index (χ4n) is 3.79. The smallest absolute Gasteiger partial charge is 0.292 e. The molecular weight excluding hydrogens is 524 g/mol. The molecule has 0 radical (unpaired) electrons. The van der Waals surface area contributed by atoms with Crippen LogP contribution >= 0.6 is 0 Å². The summed E-state index contributed by atoms with van der Waals surface area (Å²) >= 11 is 0. The van der Waals surface area contributed by atoms with Gasteiger partial charge in [0.2, 0.25) is 0 Å². The Balaban J connectivity index is 0.000000218. The summed E-state index contributed by atoms with van der Waals surface area (Å²) in [6.07, 6.45) is 3.16. The maximum atomic E-state index is 12.4. The van der Waals surface area contributed by atoms with Crippen molar-refractivity contribution in [1.29, 1.82) is 0 Å². The zero-order valence-corrected chi connectivity index (χ0v) is 22.2. The molecule has 2 aromatic heterocycles. The first-order chi connectivity index (χ1) is 19.9. The van der Waals surface area contributed by atoms with Gasteiger partial charge in [-0.1, -0.05) is 60.7 Å². The standard InChI is InChI=1S/C19H17N3O4.C12H11NO2/c1-20-17-11-15(7-8-18(17)22(24)25)21-10-9-16(12-19(21)23)26-13-14-5-3-2-4-6-14;14-12-8-11(6-7-13-12)15-9-10-4-2-1-3-5-10/h2-12,20H,13H2,1H3;1-8H,9H2,(H,13,14). The number of benzene rings is 3. The molecule has 0 unspecified atom stereocenters. The van der Waals surface area contributed by atoms with Crippen LogP contribution < -0.4 is 25.9 Å². The highest BCUT2D eigenvalue weighted by Gasteiger charge is 2.14. The SMILES string of the molecule is CNc1cc(-n2ccc(OCc3ccccc3)cc2=O)ccc1[N+](=O)[O-].O=c1cc(OCc2ccccc2)cc[nH]1. The van der Waals surface area contributed by atoms with Gasteiger partial charge in [-0.3, -0.25) is 24.3 Å². The first-order valence-corrected chi connectivity index (χ1v) is 12.6. The van der Waals surface area contributed by atoms with Gasteiger partial charge in [0.1, 0.15) is 30.4 Å². The zero-order chi connectivity index (χ0) is 29.0. The summed E-state index contributed by atoms with van der Waals surface area (Å²) in [6.45, 7) is 0.843. The molecule has 0 saturated heterocycles. The van der Waals surface area contributed by atoms with Crippen molar-refractivity contribution in [1.82, 2.24) is 9.55 Å². The van der Waals surface area contributed by atoms with Gasteiger partial charge < -0.3 is 19.8 Å². The quantitative estimate of drug-likeness (QED) is 0.187. The largest absolute Gasteiger partial charge is 0.489 e. The van der Waals surface area contributed by atoms with Crippen molar-refractivity contribution in [2.75, 3.05) is 12.4 Å². The number of H-pyrrole nitrogens is 1. The fraction of sp³-hybridized carbons (Fsp3) is 0.0968. The monoisotopic (exact) mass is 552 g/mol. The van der Waals surface area contributed by atoms with Crippen molar-refractivity contribution in [2.45, 2.75) is 13.2 Å². The highest BCUT2D eigenvalue weighted by molar-refractivity contribution is 5.65. The Morgan fingerprint density at radius 2 is 1.41 bits per heavy atom. The van der Waals surface area contributed by atoms with E-state index >= 15 is 0 Å². The maximum Gasteiger partial charge on any atom is 0.292 e. The number of aromatic nitrogens is 2. The number of nitrogens with one attached hydrogen (secondary N) is 2. The average molecular weight is 553 g/mol. The second kappa shape index (κ2) is 13.9. The number of pyridine rings is 2. The predicted molar refractivity (Wildman–Crippen MR) is 157 cm³/mol. The van der Waals surface area contributed by atoms with E-state index in [-0.39, 0.29) is 16.8 Å². The molecule has 0 spiro atoms. The molecule has 0 aliphatic rings. The molecule has 5 rings (SSSR count). The first kappa shape index (κ1) is 28.4. The van der Waals surface area contributed by atoms with Gasteiger partial charge in [-0.2, -0.15) is 0 Å². The number of ether oxygens (including phenoxy) is 2. The molecule has 41 heavy (non-hydrogen) atoms. The second-order valence-corrected chi connectivity index (χ2v) is 8.72. The van der Waals surface area contributed by atoms with Crippen LogP contribution in [-0.2, 0) is 13.2 Å². The molecule has 0 bridgehead atoms. The minimum Gasteiger partial charge on any atom is -0.489 e. The topological polar surface area (TPSA) is 128 Å². The van der Waals surface area contributed by atoms with Crippen LogP contribution in [0, 0.1) is 10.1 Å². The normalized spacial score (nSPS) is 10.2. The zero-order valence-electron chi connectivity index (χ0n) is 22.2. The highest BCUT2D eigenvalue weighted by atomic mass is 16.6. The molecule has 0 aliphatic heterocycles. The lowest BCUT2D eigenvalue weighted by Crippen LogP contribution is -2.17. The van der Waals surface area contributed by atoms with Crippen LogP contribution in [0.3, 0.4) is 0 Å². The van der Waals surface area contributed by atoms with Crippen molar-refractivity contribution in [3.05, 3.63) is 157 Å². The van der Waals surface area contributed by atoms with E-state index in [1.54, 1.807) is 37.6 Å². The van der Waals surface area contributed by atoms with Crippen LogP contribution in [0.25, 0.3) is 5.69 Å². The van der Waals surface area contributed by atoms with Crippen LogP contribution in [0.15, 0.2) is 125 Å². The average Bonchev–Trinajstić information content (AvgIpc) is 3.00. The van der Waals surface area contributed by atoms with Gasteiger partial charge in [-0.15, -0.1) is 0 Å². The molecule has 10 nitrogen and oxygen atoms in total. The lowest BCUT2D eigenvalue weighted by molar-refractivity contribution is -0.383. The van der Waals surface area contributed by atoms with E-state index in [1.165, 1.54) is 28.8 Å². The number of nitro benzene ring substituents is 1. The molecule has 208 valence electrons. The molecule has 0 fully saturated rings. The summed E-state index contributed by atoms with van der Waals surface area (Å²) in [5, 5.41) is 13.8. The molecular formula is C31H28N4O6. The van der Waals surface area contributed by atoms with Crippen molar-refractivity contribution in [3.8, 4) is 17.2 Å². The van der Waals surface area contributed by atoms with Crippen molar-refractivity contribution in [2.24, 2.45) is 0 Å². The van der Waals surface area contributed by atoms with Crippen molar-refractivity contribution in [3.63, 3.8) is 0 Å². The van der Waals surface area contributed by atoms with E-state index in [0.29, 0.717) is 36.1 Å². The second-order valence-electron chi connectivity index (χ2n) is 8.72. The number of rotatable bonds is 9. The van der Waals surface area contributed by atoms with Crippen LogP contribution in [0.5, 0.6) is 11.5 Å². The molecule has 0 atom stereocenters. The summed E-state index contributed by atoms with van der Waals surface area (Å²) < 4.78 is 12.5. The fourth-order valence-corrected chi connectivity index (χ4v) is 3.79. The Hall–Kier alpha value is -5.64. The van der Waals surface area contributed by atoms with Gasteiger partial charge in [-0.05, 0) is 35.4 Å². The van der Waals surface area contributed by atoms with Gasteiger partial charge in [-0.25, -0.2) is 0 Å². The van der Waals surface area contributed by atoms with E-state index in [1.807, 2.05) is 60.7 Å². The Bertz CT molecular complexity index is 1700. The number of anilines is 1. The molecule has 2 heterocycles. The minimum atomic E-state index is -0.473. The number of nitrogens with zero attached hydrogens (tertiary/aromatic N) is 2. The van der Waals surface area contributed by atoms with Gasteiger partial charge in [0.05, 0.1) is 10.6 Å². The first-order valence-electron chi connectivity index (χ1n) is 12.6. The van der Waals surface area contributed by atoms with E-state index in [2.05, 4.69) is 10.3 Å². The summed E-state index contributed by atoms with van der Waals surface area (Å²) in [5.74, 6) is 1.05. The highest BCUT2D eigenvalue weighted by Crippen LogP contribution is 2.26. The molecule has 10 heteroatoms. The lowest BCUT2D eigenvalue weighted by Gasteiger charge is -2.10. The summed E-state index contributed by atoms with van der Waals surface area (Å²) in [7, 11) is 1.59. The van der Waals surface area contributed by atoms with E-state index in [4.69, 9.17) is 9.47 Å². The van der Waals surface area contributed by atoms with Crippen LogP contribution in [0.4, 0.5) is 11.4 Å². The van der Waals surface area contributed by atoms with Gasteiger partial charge in [0, 0.05) is 37.6 Å². The number of hydrogen-bond donors (Lipinski definition) is 2. The van der Waals surface area contributed by atoms with Crippen LogP contribution in [0.1, 0.15) is 11.1 Å². The summed E-state index contributed by atoms with van der Waals surface area (Å²) in [5.41, 5.74) is 2.46. The Morgan fingerprint density at radius 1 is 0.805 bits per heavy atom. The molecule has 0 amide bonds. The Labute approximate surface area is 235 Å². The predicted octanol–water partition coefficient (Wildman–Crippen LogP) is 5.32. The minimum absolute atomic E-state index is 0.0490. The number of hydrogen-bond acceptors (Lipinski definition) is 7. The molecule has 2 N–H and O–H groups in total. The Kier molecular flexibility index (Phi) is 9.65. The summed E-state index contributed by atoms with van der Waals surface area (Å²) in [4.78, 5) is 36.4. The van der Waals surface area contributed by atoms with E-state index in [0.717, 1.165) is 11.1 Å². The molecule has 0 saturated carbocycles. The Morgan fingerprint density at radius 3 is 1.95 bits per heavy atom. The van der Waals surface area contributed by atoms with Gasteiger partial charge >= 0.3 is 0 Å². The van der Waals surface area contributed by atoms with E-state index < -0.39 is 4.92 Å². The maximum absolute atomic E-state index is 12.4. The summed E-state index contributed by atoms with van der Waals surface area (Å²) in [6, 6.07) is 30.2. The van der Waals surface area contributed by atoms with Gasteiger partial charge in [0.25, 0.3) is 16.8 Å². The molecule has 3 aromatic carbocycles. The third kappa shape index (κ3) is 8.17. The number of aromatic amines is 1. The van der Waals surface area contributed by atoms with Crippen molar-refractivity contribution < 1.29 is 14.4 Å². The number of nitro groups is 1. The molecule has 0 aliphatic carbocycles. The van der Waals surface area contributed by atoms with Gasteiger partial charge in [0.15, 0.2) is 0 Å². The third-order valence-corrected chi connectivity index (χ3v) is 5.86. The van der Waals surface area contributed by atoms with Crippen LogP contribution in [0.2, 0.25) is 0 Å². The van der Waals surface area contributed by atoms with E-state index in [9.17, 15) is 19.7 Å².